The van der Waals surface area contributed by atoms with Gasteiger partial charge >= 0.3 is 0 Å². The Balaban J connectivity index is 1.94. The zero-order chi connectivity index (χ0) is 11.4. The Labute approximate surface area is 110 Å². The van der Waals surface area contributed by atoms with Crippen LogP contribution in [0.5, 0.6) is 0 Å². The molecule has 0 bridgehead atoms. The third kappa shape index (κ3) is 3.29. The van der Waals surface area contributed by atoms with Gasteiger partial charge in [0, 0.05) is 14.7 Å². The number of halogens is 1. The van der Waals surface area contributed by atoms with Crippen molar-refractivity contribution in [3.8, 4) is 0 Å². The average molecular weight is 303 g/mol. The molecule has 1 fully saturated rings. The van der Waals surface area contributed by atoms with Gasteiger partial charge in [0.2, 0.25) is 0 Å². The highest BCUT2D eigenvalue weighted by Crippen LogP contribution is 2.34. The molecular weight excluding hydrogens is 284 g/mol. The Morgan fingerprint density at radius 3 is 2.75 bits per heavy atom. The van der Waals surface area contributed by atoms with E-state index in [9.17, 15) is 0 Å². The number of nitrogens with two attached hydrogens (primary N) is 1. The third-order valence-electron chi connectivity index (χ3n) is 3.43. The van der Waals surface area contributed by atoms with E-state index in [0.29, 0.717) is 6.04 Å². The van der Waals surface area contributed by atoms with Gasteiger partial charge in [0.25, 0.3) is 0 Å². The standard InChI is InChI=1S/C12H19BrN2S/c13-10-7-12(16-8-10)11(15-14)6-9-4-2-1-3-5-9/h7-9,11,15H,1-6,14H2. The van der Waals surface area contributed by atoms with Gasteiger partial charge in [-0.3, -0.25) is 11.3 Å². The molecule has 1 atom stereocenters. The Morgan fingerprint density at radius 2 is 2.19 bits per heavy atom. The molecule has 0 saturated heterocycles. The summed E-state index contributed by atoms with van der Waals surface area (Å²) in [4.78, 5) is 1.35. The SMILES string of the molecule is NNC(CC1CCCCC1)c1cc(Br)cs1. The highest BCUT2D eigenvalue weighted by molar-refractivity contribution is 9.10. The van der Waals surface area contributed by atoms with Gasteiger partial charge in [-0.2, -0.15) is 0 Å². The Hall–Kier alpha value is 0.1000. The average Bonchev–Trinajstić information content (AvgIpc) is 2.74. The molecule has 0 amide bonds. The number of hydrazine groups is 1. The van der Waals surface area contributed by atoms with Crippen LogP contribution in [-0.4, -0.2) is 0 Å². The molecule has 0 aliphatic heterocycles. The summed E-state index contributed by atoms with van der Waals surface area (Å²) in [5.41, 5.74) is 2.97. The summed E-state index contributed by atoms with van der Waals surface area (Å²) in [5.74, 6) is 6.53. The smallest absolute Gasteiger partial charge is 0.0556 e. The van der Waals surface area contributed by atoms with Crippen molar-refractivity contribution in [3.05, 3.63) is 20.8 Å². The van der Waals surface area contributed by atoms with Crippen LogP contribution in [0, 0.1) is 5.92 Å². The van der Waals surface area contributed by atoms with Crippen LogP contribution in [0.2, 0.25) is 0 Å². The molecule has 1 aliphatic rings. The first-order chi connectivity index (χ1) is 7.79. The van der Waals surface area contributed by atoms with Gasteiger partial charge < -0.3 is 0 Å². The number of thiophene rings is 1. The lowest BCUT2D eigenvalue weighted by molar-refractivity contribution is 0.302. The first-order valence-electron chi connectivity index (χ1n) is 5.99. The molecule has 3 N–H and O–H groups in total. The van der Waals surface area contributed by atoms with E-state index in [1.54, 1.807) is 11.3 Å². The van der Waals surface area contributed by atoms with Gasteiger partial charge in [-0.25, -0.2) is 0 Å². The molecule has 90 valence electrons. The van der Waals surface area contributed by atoms with Crippen LogP contribution in [0.4, 0.5) is 0 Å². The summed E-state index contributed by atoms with van der Waals surface area (Å²) in [7, 11) is 0. The van der Waals surface area contributed by atoms with Crippen LogP contribution in [0.25, 0.3) is 0 Å². The molecule has 0 spiro atoms. The van der Waals surface area contributed by atoms with E-state index in [1.807, 2.05) is 0 Å². The van der Waals surface area contributed by atoms with E-state index in [4.69, 9.17) is 5.84 Å². The number of rotatable bonds is 4. The second kappa shape index (κ2) is 6.15. The fourth-order valence-corrected chi connectivity index (χ4v) is 4.05. The van der Waals surface area contributed by atoms with Gasteiger partial charge in [0.1, 0.15) is 0 Å². The predicted molar refractivity (Wildman–Crippen MR) is 73.3 cm³/mol. The van der Waals surface area contributed by atoms with Crippen molar-refractivity contribution in [1.82, 2.24) is 5.43 Å². The highest BCUT2D eigenvalue weighted by Gasteiger charge is 2.20. The molecule has 0 radical (unpaired) electrons. The van der Waals surface area contributed by atoms with Gasteiger partial charge in [-0.1, -0.05) is 32.1 Å². The summed E-state index contributed by atoms with van der Waals surface area (Å²) in [6.45, 7) is 0. The topological polar surface area (TPSA) is 38.0 Å². The second-order valence-corrected chi connectivity index (χ2v) is 6.48. The summed E-state index contributed by atoms with van der Waals surface area (Å²) in [6, 6.07) is 2.51. The van der Waals surface area contributed by atoms with Crippen molar-refractivity contribution in [2.45, 2.75) is 44.6 Å². The minimum atomic E-state index is 0.333. The zero-order valence-corrected chi connectivity index (χ0v) is 11.8. The first kappa shape index (κ1) is 12.6. The molecule has 2 nitrogen and oxygen atoms in total. The maximum absolute atomic E-state index is 5.67. The Morgan fingerprint density at radius 1 is 1.44 bits per heavy atom. The summed E-state index contributed by atoms with van der Waals surface area (Å²) in [6.07, 6.45) is 8.16. The molecule has 1 unspecified atom stereocenters. The van der Waals surface area contributed by atoms with E-state index in [0.717, 1.165) is 10.4 Å². The van der Waals surface area contributed by atoms with Crippen molar-refractivity contribution >= 4 is 27.3 Å². The molecule has 0 aromatic carbocycles. The fourth-order valence-electron chi connectivity index (χ4n) is 2.53. The van der Waals surface area contributed by atoms with Gasteiger partial charge in [0.15, 0.2) is 0 Å². The van der Waals surface area contributed by atoms with E-state index in [2.05, 4.69) is 32.8 Å². The van der Waals surface area contributed by atoms with E-state index >= 15 is 0 Å². The summed E-state index contributed by atoms with van der Waals surface area (Å²) < 4.78 is 1.16. The largest absolute Gasteiger partial charge is 0.271 e. The fraction of sp³-hybridized carbons (Fsp3) is 0.667. The quantitative estimate of drug-likeness (QED) is 0.652. The molecule has 4 heteroatoms. The Bertz CT molecular complexity index is 321. The van der Waals surface area contributed by atoms with E-state index in [-0.39, 0.29) is 0 Å². The molecule has 16 heavy (non-hydrogen) atoms. The zero-order valence-electron chi connectivity index (χ0n) is 9.42. The maximum atomic E-state index is 5.67. The monoisotopic (exact) mass is 302 g/mol. The van der Waals surface area contributed by atoms with Crippen LogP contribution in [0.15, 0.2) is 15.9 Å². The number of hydrogen-bond acceptors (Lipinski definition) is 3. The van der Waals surface area contributed by atoms with Crippen molar-refractivity contribution < 1.29 is 0 Å². The second-order valence-electron chi connectivity index (χ2n) is 4.63. The molecule has 1 aromatic rings. The van der Waals surface area contributed by atoms with Crippen molar-refractivity contribution in [2.75, 3.05) is 0 Å². The minimum absolute atomic E-state index is 0.333. The maximum Gasteiger partial charge on any atom is 0.0556 e. The van der Waals surface area contributed by atoms with Crippen LogP contribution in [0.1, 0.15) is 49.4 Å². The van der Waals surface area contributed by atoms with Crippen LogP contribution in [-0.2, 0) is 0 Å². The number of hydrogen-bond donors (Lipinski definition) is 2. The van der Waals surface area contributed by atoms with Gasteiger partial charge in [0.05, 0.1) is 6.04 Å². The Kier molecular flexibility index (Phi) is 4.82. The number of nitrogens with one attached hydrogen (secondary N) is 1. The van der Waals surface area contributed by atoms with Gasteiger partial charge in [-0.05, 0) is 34.3 Å². The van der Waals surface area contributed by atoms with Crippen LogP contribution < -0.4 is 11.3 Å². The summed E-state index contributed by atoms with van der Waals surface area (Å²) >= 11 is 5.28. The minimum Gasteiger partial charge on any atom is -0.271 e. The lowest BCUT2D eigenvalue weighted by Crippen LogP contribution is -2.29. The normalized spacial score (nSPS) is 19.9. The molecule has 1 aliphatic carbocycles. The molecule has 2 rings (SSSR count). The predicted octanol–water partition coefficient (Wildman–Crippen LogP) is 3.99. The molecule has 1 aromatic heterocycles. The first-order valence-corrected chi connectivity index (χ1v) is 7.67. The van der Waals surface area contributed by atoms with E-state index in [1.165, 1.54) is 43.4 Å². The molecular formula is C12H19BrN2S. The molecule has 1 saturated carbocycles. The highest BCUT2D eigenvalue weighted by atomic mass is 79.9. The van der Waals surface area contributed by atoms with Gasteiger partial charge in [-0.15, -0.1) is 11.3 Å². The molecule has 1 heterocycles. The van der Waals surface area contributed by atoms with Crippen molar-refractivity contribution in [3.63, 3.8) is 0 Å². The lowest BCUT2D eigenvalue weighted by atomic mass is 9.84. The summed E-state index contributed by atoms with van der Waals surface area (Å²) in [5, 5.41) is 2.13. The lowest BCUT2D eigenvalue weighted by Gasteiger charge is -2.25. The van der Waals surface area contributed by atoms with Crippen LogP contribution >= 0.6 is 27.3 Å². The van der Waals surface area contributed by atoms with E-state index < -0.39 is 0 Å². The van der Waals surface area contributed by atoms with Crippen molar-refractivity contribution in [1.29, 1.82) is 0 Å². The third-order valence-corrected chi connectivity index (χ3v) is 5.23. The van der Waals surface area contributed by atoms with Crippen molar-refractivity contribution in [2.24, 2.45) is 11.8 Å². The van der Waals surface area contributed by atoms with Crippen LogP contribution in [0.3, 0.4) is 0 Å².